The zero-order valence-corrected chi connectivity index (χ0v) is 18.1. The lowest BCUT2D eigenvalue weighted by Gasteiger charge is -2.07. The van der Waals surface area contributed by atoms with E-state index < -0.39 is 5.97 Å². The Labute approximate surface area is 187 Å². The molecule has 0 atom stereocenters. The van der Waals surface area contributed by atoms with Gasteiger partial charge in [-0.25, -0.2) is 9.97 Å². The molecule has 1 amide bonds. The van der Waals surface area contributed by atoms with Gasteiger partial charge in [-0.05, 0) is 30.7 Å². The zero-order valence-electron chi connectivity index (χ0n) is 17.3. The summed E-state index contributed by atoms with van der Waals surface area (Å²) in [5, 5.41) is 5.67. The van der Waals surface area contributed by atoms with Crippen LogP contribution in [0, 0.1) is 6.92 Å². The molecule has 0 aliphatic heterocycles. The summed E-state index contributed by atoms with van der Waals surface area (Å²) in [6.07, 6.45) is 1.46. The van der Waals surface area contributed by atoms with Crippen molar-refractivity contribution in [3.05, 3.63) is 86.9 Å². The van der Waals surface area contributed by atoms with Crippen molar-refractivity contribution in [2.24, 2.45) is 0 Å². The minimum absolute atomic E-state index is 0.0372. The number of aromatic nitrogens is 3. The lowest BCUT2D eigenvalue weighted by atomic mass is 10.2. The topological polar surface area (TPSA) is 103 Å². The second kappa shape index (κ2) is 9.52. The second-order valence-corrected chi connectivity index (χ2v) is 8.07. The molecule has 0 radical (unpaired) electrons. The zero-order chi connectivity index (χ0) is 22.5. The maximum absolute atomic E-state index is 12.5. The van der Waals surface area contributed by atoms with Gasteiger partial charge in [-0.3, -0.25) is 19.0 Å². The van der Waals surface area contributed by atoms with Crippen molar-refractivity contribution < 1.29 is 14.3 Å². The number of carbonyl (C=O) groups excluding carboxylic acids is 2. The van der Waals surface area contributed by atoms with Gasteiger partial charge in [0.15, 0.2) is 0 Å². The summed E-state index contributed by atoms with van der Waals surface area (Å²) in [5.41, 5.74) is 2.56. The molecule has 0 unspecified atom stereocenters. The van der Waals surface area contributed by atoms with E-state index in [1.165, 1.54) is 22.2 Å². The number of benzene rings is 2. The summed E-state index contributed by atoms with van der Waals surface area (Å²) in [6, 6.07) is 14.5. The number of nitrogens with one attached hydrogen (secondary N) is 1. The highest BCUT2D eigenvalue weighted by Crippen LogP contribution is 2.16. The number of rotatable bonds is 7. The van der Waals surface area contributed by atoms with Gasteiger partial charge in [0, 0.05) is 11.1 Å². The number of para-hydroxylation sites is 2. The molecule has 0 spiro atoms. The quantitative estimate of drug-likeness (QED) is 0.436. The first-order chi connectivity index (χ1) is 15.5. The number of ether oxygens (including phenoxy) is 1. The number of amides is 1. The summed E-state index contributed by atoms with van der Waals surface area (Å²) in [7, 11) is 0. The minimum atomic E-state index is -0.573. The van der Waals surface area contributed by atoms with E-state index >= 15 is 0 Å². The molecule has 4 aromatic rings. The Morgan fingerprint density at radius 2 is 1.91 bits per heavy atom. The van der Waals surface area contributed by atoms with E-state index in [2.05, 4.69) is 15.3 Å². The van der Waals surface area contributed by atoms with Crippen molar-refractivity contribution in [1.29, 1.82) is 0 Å². The highest BCUT2D eigenvalue weighted by atomic mass is 32.1. The van der Waals surface area contributed by atoms with Crippen molar-refractivity contribution in [2.75, 3.05) is 5.32 Å². The van der Waals surface area contributed by atoms with Crippen LogP contribution in [0.5, 0.6) is 0 Å². The van der Waals surface area contributed by atoms with E-state index in [0.717, 1.165) is 11.3 Å². The number of thiazole rings is 1. The maximum Gasteiger partial charge on any atom is 0.326 e. The Balaban J connectivity index is 1.31. The second-order valence-electron chi connectivity index (χ2n) is 7.13. The van der Waals surface area contributed by atoms with Gasteiger partial charge in [0.25, 0.3) is 5.56 Å². The van der Waals surface area contributed by atoms with Gasteiger partial charge in [0.05, 0.1) is 29.3 Å². The molecular weight excluding hydrogens is 428 g/mol. The fourth-order valence-corrected chi connectivity index (χ4v) is 3.88. The van der Waals surface area contributed by atoms with Gasteiger partial charge in [-0.15, -0.1) is 11.3 Å². The molecule has 2 aromatic heterocycles. The Morgan fingerprint density at radius 3 is 2.75 bits per heavy atom. The molecule has 0 fully saturated rings. The normalized spacial score (nSPS) is 10.8. The highest BCUT2D eigenvalue weighted by Gasteiger charge is 2.12. The van der Waals surface area contributed by atoms with Gasteiger partial charge in [0.1, 0.15) is 18.2 Å². The highest BCUT2D eigenvalue weighted by molar-refractivity contribution is 7.09. The van der Waals surface area contributed by atoms with E-state index in [9.17, 15) is 14.4 Å². The van der Waals surface area contributed by atoms with Crippen molar-refractivity contribution in [2.45, 2.75) is 26.5 Å². The SMILES string of the molecule is Cc1ccccc1NC(=O)Cc1nc(COC(=O)Cn2cnc3ccccc3c2=O)cs1. The molecule has 4 rings (SSSR count). The third-order valence-electron chi connectivity index (χ3n) is 4.74. The predicted molar refractivity (Wildman–Crippen MR) is 121 cm³/mol. The van der Waals surface area contributed by atoms with E-state index in [1.807, 2.05) is 31.2 Å². The molecule has 1 N–H and O–H groups in total. The number of hydrogen-bond donors (Lipinski definition) is 1. The lowest BCUT2D eigenvalue weighted by Crippen LogP contribution is -2.25. The first kappa shape index (κ1) is 21.4. The summed E-state index contributed by atoms with van der Waals surface area (Å²) >= 11 is 1.32. The van der Waals surface area contributed by atoms with E-state index in [-0.39, 0.29) is 31.0 Å². The van der Waals surface area contributed by atoms with Gasteiger partial charge in [-0.1, -0.05) is 30.3 Å². The molecule has 0 bridgehead atoms. The smallest absolute Gasteiger partial charge is 0.326 e. The summed E-state index contributed by atoms with van der Waals surface area (Å²) in [6.45, 7) is 1.64. The molecule has 0 saturated heterocycles. The first-order valence-electron chi connectivity index (χ1n) is 9.88. The molecule has 0 aliphatic carbocycles. The van der Waals surface area contributed by atoms with Gasteiger partial charge in [0.2, 0.25) is 5.91 Å². The monoisotopic (exact) mass is 448 g/mol. The fourth-order valence-electron chi connectivity index (χ4n) is 3.10. The number of anilines is 1. The van der Waals surface area contributed by atoms with E-state index in [1.54, 1.807) is 29.6 Å². The lowest BCUT2D eigenvalue weighted by molar-refractivity contribution is -0.145. The Hall–Kier alpha value is -3.85. The average molecular weight is 449 g/mol. The Bertz CT molecular complexity index is 1350. The molecule has 2 aromatic carbocycles. The molecule has 8 nitrogen and oxygen atoms in total. The molecule has 0 saturated carbocycles. The summed E-state index contributed by atoms with van der Waals surface area (Å²) < 4.78 is 6.46. The molecule has 0 aliphatic rings. The van der Waals surface area contributed by atoms with Crippen LogP contribution >= 0.6 is 11.3 Å². The fraction of sp³-hybridized carbons (Fsp3) is 0.174. The first-order valence-corrected chi connectivity index (χ1v) is 10.8. The van der Waals surface area contributed by atoms with E-state index in [0.29, 0.717) is 21.6 Å². The number of esters is 1. The summed E-state index contributed by atoms with van der Waals surface area (Å²) in [5.74, 6) is -0.739. The average Bonchev–Trinajstić information content (AvgIpc) is 3.23. The van der Waals surface area contributed by atoms with Crippen LogP contribution < -0.4 is 10.9 Å². The third-order valence-corrected chi connectivity index (χ3v) is 5.64. The molecule has 9 heteroatoms. The van der Waals surface area contributed by atoms with Crippen LogP contribution in [-0.2, 0) is 33.9 Å². The van der Waals surface area contributed by atoms with Crippen LogP contribution in [0.2, 0.25) is 0 Å². The van der Waals surface area contributed by atoms with Crippen molar-refractivity contribution >= 4 is 39.8 Å². The summed E-state index contributed by atoms with van der Waals surface area (Å²) in [4.78, 5) is 45.5. The van der Waals surface area contributed by atoms with Crippen LogP contribution in [0.3, 0.4) is 0 Å². The van der Waals surface area contributed by atoms with Crippen molar-refractivity contribution in [1.82, 2.24) is 14.5 Å². The molecule has 32 heavy (non-hydrogen) atoms. The largest absolute Gasteiger partial charge is 0.458 e. The van der Waals surface area contributed by atoms with Gasteiger partial charge >= 0.3 is 5.97 Å². The number of fused-ring (bicyclic) bond motifs is 1. The van der Waals surface area contributed by atoms with Crippen molar-refractivity contribution in [3.63, 3.8) is 0 Å². The maximum atomic E-state index is 12.5. The predicted octanol–water partition coefficient (Wildman–Crippen LogP) is 3.09. The van der Waals surface area contributed by atoms with E-state index in [4.69, 9.17) is 4.74 Å². The molecular formula is C23H20N4O4S. The van der Waals surface area contributed by atoms with Gasteiger partial charge < -0.3 is 10.1 Å². The Kier molecular flexibility index (Phi) is 6.37. The van der Waals surface area contributed by atoms with Crippen LogP contribution in [-0.4, -0.2) is 26.4 Å². The number of carbonyl (C=O) groups is 2. The number of hydrogen-bond acceptors (Lipinski definition) is 7. The van der Waals surface area contributed by atoms with Crippen LogP contribution in [0.15, 0.2) is 65.0 Å². The minimum Gasteiger partial charge on any atom is -0.458 e. The van der Waals surface area contributed by atoms with Crippen LogP contribution in [0.4, 0.5) is 5.69 Å². The standard InChI is InChI=1S/C23H20N4O4S/c1-15-6-2-4-8-18(15)26-20(28)10-21-25-16(13-32-21)12-31-22(29)11-27-14-24-19-9-5-3-7-17(19)23(27)30/h2-9,13-14H,10-12H2,1H3,(H,26,28). The van der Waals surface area contributed by atoms with Gasteiger partial charge in [-0.2, -0.15) is 0 Å². The third kappa shape index (κ3) is 5.06. The molecule has 2 heterocycles. The van der Waals surface area contributed by atoms with Crippen molar-refractivity contribution in [3.8, 4) is 0 Å². The van der Waals surface area contributed by atoms with Crippen LogP contribution in [0.25, 0.3) is 10.9 Å². The Morgan fingerprint density at radius 1 is 1.12 bits per heavy atom. The number of aryl methyl sites for hydroxylation is 1. The van der Waals surface area contributed by atoms with Crippen LogP contribution in [0.1, 0.15) is 16.3 Å². The number of nitrogens with zero attached hydrogens (tertiary/aromatic N) is 3. The molecule has 162 valence electrons.